The molecule has 2 aliphatic rings. The molecule has 0 amide bonds. The number of hydrogen-bond donors (Lipinski definition) is 0. The van der Waals surface area contributed by atoms with Gasteiger partial charge in [-0.25, -0.2) is 14.4 Å². The fraction of sp³-hybridized carbons (Fsp3) is 0.444. The highest BCUT2D eigenvalue weighted by Crippen LogP contribution is 2.46. The van der Waals surface area contributed by atoms with Crippen molar-refractivity contribution in [3.05, 3.63) is 48.0 Å². The topological polar surface area (TPSA) is 47.5 Å². The van der Waals surface area contributed by atoms with Gasteiger partial charge in [0.1, 0.15) is 6.10 Å². The van der Waals surface area contributed by atoms with Crippen LogP contribution in [0.2, 0.25) is 0 Å². The molecule has 0 aliphatic carbocycles. The van der Waals surface area contributed by atoms with Crippen LogP contribution < -0.4 is 9.47 Å². The van der Waals surface area contributed by atoms with E-state index in [2.05, 4.69) is 14.9 Å². The van der Waals surface area contributed by atoms with E-state index in [4.69, 9.17) is 9.47 Å². The number of methoxy groups -OCH3 is 1. The minimum absolute atomic E-state index is 0.0180. The Hall–Kier alpha value is -1.86. The molecule has 7 heteroatoms. The maximum absolute atomic E-state index is 13.7. The predicted octanol–water partition coefficient (Wildman–Crippen LogP) is 2.76. The summed E-state index contributed by atoms with van der Waals surface area (Å²) in [6.45, 7) is 2.83. The molecular formula is C18H20FN3O2S. The number of nitrogens with zero attached hydrogens (tertiary/aromatic N) is 3. The van der Waals surface area contributed by atoms with Gasteiger partial charge in [-0.2, -0.15) is 0 Å². The molecule has 0 aromatic carbocycles. The van der Waals surface area contributed by atoms with Crippen molar-refractivity contribution >= 4 is 11.8 Å². The molecule has 2 aromatic rings. The van der Waals surface area contributed by atoms with Crippen LogP contribution in [0, 0.1) is 5.82 Å². The summed E-state index contributed by atoms with van der Waals surface area (Å²) < 4.78 is 25.0. The Balaban J connectivity index is 1.32. The van der Waals surface area contributed by atoms with Crippen LogP contribution in [0.25, 0.3) is 0 Å². The maximum Gasteiger partial charge on any atom is 0.250 e. The van der Waals surface area contributed by atoms with Crippen molar-refractivity contribution in [2.45, 2.75) is 23.8 Å². The molecule has 132 valence electrons. The Morgan fingerprint density at radius 3 is 2.76 bits per heavy atom. The number of halogens is 1. The number of aromatic nitrogens is 2. The standard InChI is InChI=1S/C18H20FN3O2S/c1-23-16-13(4-2-6-20-16)9-22-11-18(12-22)8-14(10-25-18)24-17-15(19)5-3-7-21-17/h2-7,14H,8-12H2,1H3. The fourth-order valence-corrected chi connectivity index (χ4v) is 5.14. The van der Waals surface area contributed by atoms with Crippen molar-refractivity contribution in [1.82, 2.24) is 14.9 Å². The molecule has 0 saturated carbocycles. The minimum atomic E-state index is -0.396. The van der Waals surface area contributed by atoms with Crippen LogP contribution in [0.15, 0.2) is 36.7 Å². The van der Waals surface area contributed by atoms with Crippen LogP contribution in [0.3, 0.4) is 0 Å². The third-order valence-electron chi connectivity index (χ3n) is 4.64. The first kappa shape index (κ1) is 16.6. The van der Waals surface area contributed by atoms with E-state index in [0.717, 1.165) is 37.4 Å². The summed E-state index contributed by atoms with van der Waals surface area (Å²) in [6, 6.07) is 6.94. The number of likely N-dealkylation sites (tertiary alicyclic amines) is 1. The molecule has 1 unspecified atom stereocenters. The van der Waals surface area contributed by atoms with Crippen molar-refractivity contribution in [2.75, 3.05) is 26.0 Å². The SMILES string of the molecule is COc1ncccc1CN1CC2(CC(Oc3ncccc3F)CS2)C1. The molecule has 1 atom stereocenters. The highest BCUT2D eigenvalue weighted by molar-refractivity contribution is 8.01. The average Bonchev–Trinajstić information content (AvgIpc) is 3.01. The van der Waals surface area contributed by atoms with E-state index >= 15 is 0 Å². The van der Waals surface area contributed by atoms with Gasteiger partial charge >= 0.3 is 0 Å². The van der Waals surface area contributed by atoms with Crippen LogP contribution >= 0.6 is 11.8 Å². The Morgan fingerprint density at radius 2 is 2.00 bits per heavy atom. The van der Waals surface area contributed by atoms with Crippen molar-refractivity contribution in [1.29, 1.82) is 0 Å². The maximum atomic E-state index is 13.7. The first-order valence-corrected chi connectivity index (χ1v) is 9.27. The van der Waals surface area contributed by atoms with Gasteiger partial charge < -0.3 is 9.47 Å². The lowest BCUT2D eigenvalue weighted by molar-refractivity contribution is 0.0886. The zero-order valence-corrected chi connectivity index (χ0v) is 14.8. The van der Waals surface area contributed by atoms with Crippen molar-refractivity contribution < 1.29 is 13.9 Å². The second-order valence-corrected chi connectivity index (χ2v) is 8.03. The van der Waals surface area contributed by atoms with Crippen LogP contribution in [0.4, 0.5) is 4.39 Å². The summed E-state index contributed by atoms with van der Waals surface area (Å²) in [5.74, 6) is 1.28. The van der Waals surface area contributed by atoms with E-state index in [0.29, 0.717) is 5.88 Å². The monoisotopic (exact) mass is 361 g/mol. The number of hydrogen-bond acceptors (Lipinski definition) is 6. The van der Waals surface area contributed by atoms with E-state index < -0.39 is 5.82 Å². The third kappa shape index (κ3) is 3.43. The summed E-state index contributed by atoms with van der Waals surface area (Å²) in [5, 5.41) is 0. The first-order valence-electron chi connectivity index (χ1n) is 8.29. The predicted molar refractivity (Wildman–Crippen MR) is 94.5 cm³/mol. The van der Waals surface area contributed by atoms with Crippen molar-refractivity contribution in [3.63, 3.8) is 0 Å². The second-order valence-electron chi connectivity index (χ2n) is 6.55. The number of ether oxygens (including phenoxy) is 2. The summed E-state index contributed by atoms with van der Waals surface area (Å²) in [4.78, 5) is 10.6. The zero-order chi connectivity index (χ0) is 17.3. The van der Waals surface area contributed by atoms with Gasteiger partial charge in [0.05, 0.1) is 7.11 Å². The van der Waals surface area contributed by atoms with Crippen molar-refractivity contribution in [2.24, 2.45) is 0 Å². The van der Waals surface area contributed by atoms with Crippen LogP contribution in [-0.4, -0.2) is 51.7 Å². The Labute approximate surface area is 150 Å². The quantitative estimate of drug-likeness (QED) is 0.816. The Morgan fingerprint density at radius 1 is 1.24 bits per heavy atom. The molecular weight excluding hydrogens is 341 g/mol. The van der Waals surface area contributed by atoms with Crippen molar-refractivity contribution in [3.8, 4) is 11.8 Å². The molecule has 0 N–H and O–H groups in total. The van der Waals surface area contributed by atoms with Gasteiger partial charge in [-0.1, -0.05) is 6.07 Å². The molecule has 25 heavy (non-hydrogen) atoms. The van der Waals surface area contributed by atoms with Gasteiger partial charge in [-0.3, -0.25) is 4.90 Å². The van der Waals surface area contributed by atoms with Gasteiger partial charge in [0.15, 0.2) is 5.82 Å². The van der Waals surface area contributed by atoms with Crippen LogP contribution in [0.5, 0.6) is 11.8 Å². The molecule has 5 nitrogen and oxygen atoms in total. The van der Waals surface area contributed by atoms with Crippen LogP contribution in [-0.2, 0) is 6.54 Å². The number of rotatable bonds is 5. The lowest BCUT2D eigenvalue weighted by Gasteiger charge is -2.47. The van der Waals surface area contributed by atoms with Gasteiger partial charge in [0.2, 0.25) is 5.88 Å². The molecule has 2 aromatic heterocycles. The van der Waals surface area contributed by atoms with E-state index in [9.17, 15) is 4.39 Å². The molecule has 2 fully saturated rings. The summed E-state index contributed by atoms with van der Waals surface area (Å²) in [5.41, 5.74) is 1.10. The minimum Gasteiger partial charge on any atom is -0.481 e. The van der Waals surface area contributed by atoms with Gasteiger partial charge in [0, 0.05) is 54.5 Å². The molecule has 0 bridgehead atoms. The molecule has 0 radical (unpaired) electrons. The number of pyridine rings is 2. The van der Waals surface area contributed by atoms with Gasteiger partial charge in [-0.05, 0) is 18.2 Å². The number of thioether (sulfide) groups is 1. The van der Waals surface area contributed by atoms with E-state index in [1.54, 1.807) is 25.6 Å². The molecule has 1 spiro atoms. The van der Waals surface area contributed by atoms with Crippen LogP contribution in [0.1, 0.15) is 12.0 Å². The average molecular weight is 361 g/mol. The molecule has 2 aliphatic heterocycles. The summed E-state index contributed by atoms with van der Waals surface area (Å²) in [6.07, 6.45) is 4.24. The highest BCUT2D eigenvalue weighted by atomic mass is 32.2. The summed E-state index contributed by atoms with van der Waals surface area (Å²) in [7, 11) is 1.65. The van der Waals surface area contributed by atoms with E-state index in [1.807, 2.05) is 23.9 Å². The summed E-state index contributed by atoms with van der Waals surface area (Å²) >= 11 is 1.93. The van der Waals surface area contributed by atoms with E-state index in [-0.39, 0.29) is 16.7 Å². The van der Waals surface area contributed by atoms with Gasteiger partial charge in [-0.15, -0.1) is 11.8 Å². The third-order valence-corrected chi connectivity index (χ3v) is 6.21. The Kier molecular flexibility index (Phi) is 4.52. The molecule has 4 heterocycles. The second kappa shape index (κ2) is 6.80. The Bertz CT molecular complexity index is 755. The highest BCUT2D eigenvalue weighted by Gasteiger charge is 2.49. The molecule has 4 rings (SSSR count). The van der Waals surface area contributed by atoms with Gasteiger partial charge in [0.25, 0.3) is 5.88 Å². The smallest absolute Gasteiger partial charge is 0.250 e. The first-order chi connectivity index (χ1) is 12.2. The van der Waals surface area contributed by atoms with E-state index in [1.165, 1.54) is 6.07 Å². The lowest BCUT2D eigenvalue weighted by Crippen LogP contribution is -2.58. The zero-order valence-electron chi connectivity index (χ0n) is 14.0. The normalized spacial score (nSPS) is 21.9. The lowest BCUT2D eigenvalue weighted by atomic mass is 9.92. The fourth-order valence-electron chi connectivity index (χ4n) is 3.56. The molecule has 2 saturated heterocycles. The largest absolute Gasteiger partial charge is 0.481 e.